The molecule has 1 heteroatoms. The van der Waals surface area contributed by atoms with Crippen LogP contribution >= 0.6 is 0 Å². The molecule has 0 bridgehead atoms. The van der Waals surface area contributed by atoms with E-state index < -0.39 is 0 Å². The molecule has 1 nitrogen and oxygen atoms in total. The zero-order chi connectivity index (χ0) is 10.1. The Bertz CT molecular complexity index is 181. The highest BCUT2D eigenvalue weighted by Gasteiger charge is 2.36. The number of hydrogen-bond acceptors (Lipinski definition) is 0. The lowest BCUT2D eigenvalue weighted by Gasteiger charge is -2.38. The van der Waals surface area contributed by atoms with Gasteiger partial charge in [-0.15, -0.1) is 0 Å². The van der Waals surface area contributed by atoms with Gasteiger partial charge in [0.1, 0.15) is 5.54 Å². The van der Waals surface area contributed by atoms with E-state index in [0.717, 1.165) is 5.92 Å². The van der Waals surface area contributed by atoms with Crippen LogP contribution in [-0.4, -0.2) is 5.54 Å². The van der Waals surface area contributed by atoms with Gasteiger partial charge in [-0.2, -0.15) is 0 Å². The Balaban J connectivity index is 2.55. The zero-order valence-corrected chi connectivity index (χ0v) is 9.40. The SMILES string of the molecule is C=CC(C)([NH3+])C1CCC(C)(C)CC1. The van der Waals surface area contributed by atoms with Gasteiger partial charge in [-0.25, -0.2) is 0 Å². The maximum atomic E-state index is 4.24. The topological polar surface area (TPSA) is 27.6 Å². The minimum Gasteiger partial charge on any atom is -0.349 e. The van der Waals surface area contributed by atoms with E-state index in [1.165, 1.54) is 25.7 Å². The van der Waals surface area contributed by atoms with Crippen LogP contribution in [0.15, 0.2) is 12.7 Å². The lowest BCUT2D eigenvalue weighted by molar-refractivity contribution is -0.469. The fraction of sp³-hybridized carbons (Fsp3) is 0.833. The molecule has 0 aromatic rings. The highest BCUT2D eigenvalue weighted by Crippen LogP contribution is 2.40. The van der Waals surface area contributed by atoms with E-state index in [4.69, 9.17) is 0 Å². The minimum atomic E-state index is 0.0938. The van der Waals surface area contributed by atoms with Crippen molar-refractivity contribution in [2.75, 3.05) is 0 Å². The van der Waals surface area contributed by atoms with Gasteiger partial charge in [0.25, 0.3) is 0 Å². The summed E-state index contributed by atoms with van der Waals surface area (Å²) in [4.78, 5) is 0. The number of quaternary nitrogens is 1. The predicted octanol–water partition coefficient (Wildman–Crippen LogP) is 2.39. The largest absolute Gasteiger partial charge is 0.349 e. The van der Waals surface area contributed by atoms with E-state index in [1.54, 1.807) is 0 Å². The summed E-state index contributed by atoms with van der Waals surface area (Å²) < 4.78 is 0. The first-order chi connectivity index (χ1) is 5.87. The Hall–Kier alpha value is -0.300. The first-order valence-corrected chi connectivity index (χ1v) is 5.36. The molecule has 0 aromatic heterocycles. The van der Waals surface area contributed by atoms with Crippen LogP contribution in [0.1, 0.15) is 46.5 Å². The van der Waals surface area contributed by atoms with Crippen LogP contribution < -0.4 is 5.73 Å². The van der Waals surface area contributed by atoms with Gasteiger partial charge < -0.3 is 5.73 Å². The third-order valence-corrected chi connectivity index (χ3v) is 3.74. The molecule has 0 aliphatic heterocycles. The summed E-state index contributed by atoms with van der Waals surface area (Å²) in [6, 6.07) is 0. The molecule has 0 radical (unpaired) electrons. The maximum Gasteiger partial charge on any atom is 0.113 e. The second-order valence-electron chi connectivity index (χ2n) is 5.65. The second-order valence-corrected chi connectivity index (χ2v) is 5.65. The smallest absolute Gasteiger partial charge is 0.113 e. The Morgan fingerprint density at radius 1 is 1.38 bits per heavy atom. The van der Waals surface area contributed by atoms with Crippen LogP contribution in [0.3, 0.4) is 0 Å². The van der Waals surface area contributed by atoms with Crippen molar-refractivity contribution in [1.82, 2.24) is 0 Å². The van der Waals surface area contributed by atoms with E-state index in [9.17, 15) is 0 Å². The lowest BCUT2D eigenvalue weighted by atomic mass is 9.68. The van der Waals surface area contributed by atoms with Gasteiger partial charge in [0.15, 0.2) is 0 Å². The van der Waals surface area contributed by atoms with Crippen molar-refractivity contribution in [3.05, 3.63) is 12.7 Å². The van der Waals surface area contributed by atoms with Crippen molar-refractivity contribution in [2.45, 2.75) is 52.0 Å². The molecule has 1 aliphatic carbocycles. The van der Waals surface area contributed by atoms with Crippen LogP contribution in [0.5, 0.6) is 0 Å². The molecule has 0 aromatic carbocycles. The van der Waals surface area contributed by atoms with E-state index in [2.05, 4.69) is 33.1 Å². The average molecular weight is 182 g/mol. The third-order valence-electron chi connectivity index (χ3n) is 3.74. The molecular weight excluding hydrogens is 158 g/mol. The van der Waals surface area contributed by atoms with Gasteiger partial charge in [0, 0.05) is 5.92 Å². The van der Waals surface area contributed by atoms with Crippen molar-refractivity contribution in [3.8, 4) is 0 Å². The Morgan fingerprint density at radius 3 is 2.23 bits per heavy atom. The minimum absolute atomic E-state index is 0.0938. The molecule has 3 N–H and O–H groups in total. The van der Waals surface area contributed by atoms with E-state index in [0.29, 0.717) is 5.41 Å². The van der Waals surface area contributed by atoms with Gasteiger partial charge in [-0.3, -0.25) is 0 Å². The highest BCUT2D eigenvalue weighted by atomic mass is 14.7. The molecule has 1 atom stereocenters. The monoisotopic (exact) mass is 182 g/mol. The molecule has 0 amide bonds. The molecule has 1 rings (SSSR count). The summed E-state index contributed by atoms with van der Waals surface area (Å²) in [6.07, 6.45) is 7.35. The fourth-order valence-corrected chi connectivity index (χ4v) is 2.23. The molecule has 1 fully saturated rings. The first kappa shape index (κ1) is 10.8. The molecule has 0 heterocycles. The van der Waals surface area contributed by atoms with Crippen molar-refractivity contribution in [2.24, 2.45) is 11.3 Å². The standard InChI is InChI=1S/C12H23N/c1-5-12(4,13)10-6-8-11(2,3)9-7-10/h5,10H,1,6-9,13H2,2-4H3/p+1. The summed E-state index contributed by atoms with van der Waals surface area (Å²) in [7, 11) is 0. The molecule has 0 saturated heterocycles. The van der Waals surface area contributed by atoms with E-state index >= 15 is 0 Å². The third kappa shape index (κ3) is 2.57. The van der Waals surface area contributed by atoms with Crippen molar-refractivity contribution in [3.63, 3.8) is 0 Å². The molecule has 1 saturated carbocycles. The molecule has 76 valence electrons. The average Bonchev–Trinajstić information content (AvgIpc) is 2.04. The lowest BCUT2D eigenvalue weighted by Crippen LogP contribution is -2.73. The normalized spacial score (nSPS) is 28.0. The summed E-state index contributed by atoms with van der Waals surface area (Å²) >= 11 is 0. The van der Waals surface area contributed by atoms with Gasteiger partial charge in [0.2, 0.25) is 0 Å². The fourth-order valence-electron chi connectivity index (χ4n) is 2.23. The van der Waals surface area contributed by atoms with Gasteiger partial charge >= 0.3 is 0 Å². The van der Waals surface area contributed by atoms with Crippen LogP contribution in [0, 0.1) is 11.3 Å². The van der Waals surface area contributed by atoms with Crippen LogP contribution in [0.4, 0.5) is 0 Å². The summed E-state index contributed by atoms with van der Waals surface area (Å²) in [5.74, 6) is 0.748. The van der Waals surface area contributed by atoms with Crippen molar-refractivity contribution >= 4 is 0 Å². The molecule has 1 unspecified atom stereocenters. The van der Waals surface area contributed by atoms with Crippen LogP contribution in [0.2, 0.25) is 0 Å². The van der Waals surface area contributed by atoms with Crippen molar-refractivity contribution < 1.29 is 5.73 Å². The Kier molecular flexibility index (Phi) is 2.86. The van der Waals surface area contributed by atoms with Gasteiger partial charge in [-0.05, 0) is 44.1 Å². The van der Waals surface area contributed by atoms with Crippen molar-refractivity contribution in [1.29, 1.82) is 0 Å². The quantitative estimate of drug-likeness (QED) is 0.635. The molecular formula is C12H24N+. The number of rotatable bonds is 2. The van der Waals surface area contributed by atoms with Gasteiger partial charge in [0.05, 0.1) is 0 Å². The molecule has 0 spiro atoms. The summed E-state index contributed by atoms with van der Waals surface area (Å²) in [5.41, 5.74) is 4.90. The van der Waals surface area contributed by atoms with E-state index in [1.807, 2.05) is 6.08 Å². The maximum absolute atomic E-state index is 4.24. The van der Waals surface area contributed by atoms with Gasteiger partial charge in [-0.1, -0.05) is 20.4 Å². The highest BCUT2D eigenvalue weighted by molar-refractivity contribution is 4.98. The van der Waals surface area contributed by atoms with E-state index in [-0.39, 0.29) is 5.54 Å². The molecule has 13 heavy (non-hydrogen) atoms. The Labute approximate surface area is 82.4 Å². The molecule has 1 aliphatic rings. The zero-order valence-electron chi connectivity index (χ0n) is 9.40. The summed E-state index contributed by atoms with van der Waals surface area (Å²) in [5, 5.41) is 0. The Morgan fingerprint density at radius 2 is 1.85 bits per heavy atom. The predicted molar refractivity (Wildman–Crippen MR) is 57.2 cm³/mol. The number of hydrogen-bond donors (Lipinski definition) is 1. The second kappa shape index (κ2) is 3.45. The summed E-state index contributed by atoms with van der Waals surface area (Å²) in [6.45, 7) is 10.8. The van der Waals surface area contributed by atoms with Crippen LogP contribution in [0.25, 0.3) is 0 Å². The van der Waals surface area contributed by atoms with Crippen LogP contribution in [-0.2, 0) is 0 Å². The first-order valence-electron chi connectivity index (χ1n) is 5.36.